The largest absolute Gasteiger partial charge is 0.385 e. The quantitative estimate of drug-likeness (QED) is 0.570. The highest BCUT2D eigenvalue weighted by Gasteiger charge is 2.35. The van der Waals surface area contributed by atoms with E-state index >= 15 is 0 Å². The topological polar surface area (TPSA) is 75.7 Å². The predicted octanol–water partition coefficient (Wildman–Crippen LogP) is 3.46. The molecule has 0 saturated heterocycles. The third-order valence-corrected chi connectivity index (χ3v) is 4.93. The van der Waals surface area contributed by atoms with Gasteiger partial charge < -0.3 is 10.1 Å². The number of carbonyl (C=O) groups is 3. The molecule has 7 heteroatoms. The van der Waals surface area contributed by atoms with Crippen molar-refractivity contribution in [3.63, 3.8) is 0 Å². The molecule has 6 nitrogen and oxygen atoms in total. The van der Waals surface area contributed by atoms with E-state index in [2.05, 4.69) is 5.32 Å². The Kier molecular flexibility index (Phi) is 6.11. The first kappa shape index (κ1) is 20.0. The number of amides is 3. The lowest BCUT2D eigenvalue weighted by Gasteiger charge is -2.14. The Hall–Kier alpha value is -2.70. The highest BCUT2D eigenvalue weighted by atomic mass is 35.5. The maximum Gasteiger partial charge on any atom is 0.261 e. The zero-order valence-electron chi connectivity index (χ0n) is 15.7. The number of methoxy groups -OCH3 is 1. The van der Waals surface area contributed by atoms with Gasteiger partial charge in [0.25, 0.3) is 17.7 Å². The Morgan fingerprint density at radius 1 is 1.11 bits per heavy atom. The fourth-order valence-corrected chi connectivity index (χ4v) is 3.24. The average Bonchev–Trinajstić information content (AvgIpc) is 2.93. The summed E-state index contributed by atoms with van der Waals surface area (Å²) in [6.07, 6.45) is 0.563. The van der Waals surface area contributed by atoms with E-state index in [4.69, 9.17) is 16.3 Å². The Labute approximate surface area is 168 Å². The molecule has 1 aliphatic rings. The predicted molar refractivity (Wildman–Crippen MR) is 106 cm³/mol. The summed E-state index contributed by atoms with van der Waals surface area (Å²) in [5, 5.41) is 3.52. The standard InChI is InChI=1S/C21H21ClN2O4/c1-13(14-4-7-16(22)8-5-14)23-19(25)15-6-9-17-18(12-15)21(27)24(20(17)26)10-3-11-28-2/h4-9,12-13H,3,10-11H2,1-2H3,(H,23,25). The molecule has 0 fully saturated rings. The summed E-state index contributed by atoms with van der Waals surface area (Å²) >= 11 is 5.89. The molecule has 3 rings (SSSR count). The molecule has 2 aromatic carbocycles. The third kappa shape index (κ3) is 4.08. The van der Waals surface area contributed by atoms with Crippen LogP contribution in [0.2, 0.25) is 5.02 Å². The molecule has 1 atom stereocenters. The Morgan fingerprint density at radius 3 is 2.46 bits per heavy atom. The minimum absolute atomic E-state index is 0.235. The minimum atomic E-state index is -0.378. The van der Waals surface area contributed by atoms with Crippen molar-refractivity contribution in [3.8, 4) is 0 Å². The zero-order valence-corrected chi connectivity index (χ0v) is 16.5. The van der Waals surface area contributed by atoms with E-state index in [1.165, 1.54) is 17.0 Å². The lowest BCUT2D eigenvalue weighted by Crippen LogP contribution is -2.31. The van der Waals surface area contributed by atoms with Crippen molar-refractivity contribution in [1.82, 2.24) is 10.2 Å². The number of nitrogens with one attached hydrogen (secondary N) is 1. The van der Waals surface area contributed by atoms with Gasteiger partial charge in [-0.2, -0.15) is 0 Å². The van der Waals surface area contributed by atoms with Gasteiger partial charge in [0.1, 0.15) is 0 Å². The van der Waals surface area contributed by atoms with Crippen LogP contribution in [0.4, 0.5) is 0 Å². The maximum absolute atomic E-state index is 12.6. The van der Waals surface area contributed by atoms with Crippen LogP contribution in [0, 0.1) is 0 Å². The highest BCUT2D eigenvalue weighted by molar-refractivity contribution is 6.30. The van der Waals surface area contributed by atoms with E-state index in [1.807, 2.05) is 19.1 Å². The number of carbonyl (C=O) groups excluding carboxylic acids is 3. The molecule has 0 bridgehead atoms. The molecular formula is C21H21ClN2O4. The Morgan fingerprint density at radius 2 is 1.79 bits per heavy atom. The smallest absolute Gasteiger partial charge is 0.261 e. The van der Waals surface area contributed by atoms with Crippen LogP contribution in [0.1, 0.15) is 56.0 Å². The van der Waals surface area contributed by atoms with Crippen LogP contribution < -0.4 is 5.32 Å². The second-order valence-corrected chi connectivity index (χ2v) is 7.05. The number of rotatable bonds is 7. The summed E-state index contributed by atoms with van der Waals surface area (Å²) in [5.41, 5.74) is 1.83. The van der Waals surface area contributed by atoms with E-state index in [0.29, 0.717) is 29.2 Å². The summed E-state index contributed by atoms with van der Waals surface area (Å²) in [4.78, 5) is 38.8. The van der Waals surface area contributed by atoms with Gasteiger partial charge in [0.05, 0.1) is 17.2 Å². The van der Waals surface area contributed by atoms with Gasteiger partial charge in [-0.25, -0.2) is 0 Å². The van der Waals surface area contributed by atoms with Crippen LogP contribution in [0.15, 0.2) is 42.5 Å². The zero-order chi connectivity index (χ0) is 20.3. The molecule has 146 valence electrons. The second-order valence-electron chi connectivity index (χ2n) is 6.62. The van der Waals surface area contributed by atoms with E-state index < -0.39 is 0 Å². The molecule has 1 heterocycles. The number of ether oxygens (including phenoxy) is 1. The van der Waals surface area contributed by atoms with Crippen LogP contribution in [-0.4, -0.2) is 42.9 Å². The summed E-state index contributed by atoms with van der Waals surface area (Å²) in [5.74, 6) is -1.03. The van der Waals surface area contributed by atoms with E-state index in [1.54, 1.807) is 25.3 Å². The molecule has 1 aliphatic heterocycles. The van der Waals surface area contributed by atoms with Gasteiger partial charge in [-0.3, -0.25) is 19.3 Å². The molecule has 0 radical (unpaired) electrons. The van der Waals surface area contributed by atoms with Gasteiger partial charge in [0.2, 0.25) is 0 Å². The van der Waals surface area contributed by atoms with Crippen molar-refractivity contribution in [1.29, 1.82) is 0 Å². The molecule has 2 aromatic rings. The number of benzene rings is 2. The molecule has 1 N–H and O–H groups in total. The van der Waals surface area contributed by atoms with Crippen molar-refractivity contribution in [2.24, 2.45) is 0 Å². The number of fused-ring (bicyclic) bond motifs is 1. The number of hydrogen-bond donors (Lipinski definition) is 1. The lowest BCUT2D eigenvalue weighted by atomic mass is 10.0. The number of imide groups is 1. The van der Waals surface area contributed by atoms with Crippen molar-refractivity contribution in [3.05, 3.63) is 69.7 Å². The van der Waals surface area contributed by atoms with E-state index in [-0.39, 0.29) is 35.9 Å². The highest BCUT2D eigenvalue weighted by Crippen LogP contribution is 2.25. The monoisotopic (exact) mass is 400 g/mol. The van der Waals surface area contributed by atoms with Crippen LogP contribution in [0.3, 0.4) is 0 Å². The molecule has 28 heavy (non-hydrogen) atoms. The normalized spacial score (nSPS) is 14.2. The summed E-state index contributed by atoms with van der Waals surface area (Å²) in [6.45, 7) is 2.61. The Balaban J connectivity index is 1.73. The van der Waals surface area contributed by atoms with Gasteiger partial charge in [-0.05, 0) is 49.2 Å². The van der Waals surface area contributed by atoms with Gasteiger partial charge >= 0.3 is 0 Å². The van der Waals surface area contributed by atoms with Crippen LogP contribution in [-0.2, 0) is 4.74 Å². The molecular weight excluding hydrogens is 380 g/mol. The van der Waals surface area contributed by atoms with Gasteiger partial charge in [-0.15, -0.1) is 0 Å². The van der Waals surface area contributed by atoms with Gasteiger partial charge in [-0.1, -0.05) is 23.7 Å². The Bertz CT molecular complexity index is 911. The molecule has 0 saturated carbocycles. The average molecular weight is 401 g/mol. The first-order valence-electron chi connectivity index (χ1n) is 8.98. The lowest BCUT2D eigenvalue weighted by molar-refractivity contribution is 0.0638. The number of hydrogen-bond acceptors (Lipinski definition) is 4. The fraction of sp³-hybridized carbons (Fsp3) is 0.286. The van der Waals surface area contributed by atoms with E-state index in [9.17, 15) is 14.4 Å². The van der Waals surface area contributed by atoms with Crippen molar-refractivity contribution < 1.29 is 19.1 Å². The van der Waals surface area contributed by atoms with E-state index in [0.717, 1.165) is 5.56 Å². The second kappa shape index (κ2) is 8.54. The number of nitrogens with zero attached hydrogens (tertiary/aromatic N) is 1. The molecule has 1 unspecified atom stereocenters. The summed E-state index contributed by atoms with van der Waals surface area (Å²) in [7, 11) is 1.57. The van der Waals surface area contributed by atoms with Crippen LogP contribution in [0.25, 0.3) is 0 Å². The first-order valence-corrected chi connectivity index (χ1v) is 9.35. The summed E-state index contributed by atoms with van der Waals surface area (Å²) in [6, 6.07) is 11.6. The van der Waals surface area contributed by atoms with Crippen molar-refractivity contribution >= 4 is 29.3 Å². The van der Waals surface area contributed by atoms with Crippen LogP contribution in [0.5, 0.6) is 0 Å². The summed E-state index contributed by atoms with van der Waals surface area (Å²) < 4.78 is 4.97. The molecule has 0 aromatic heterocycles. The minimum Gasteiger partial charge on any atom is -0.385 e. The third-order valence-electron chi connectivity index (χ3n) is 4.68. The SMILES string of the molecule is COCCCN1C(=O)c2ccc(C(=O)NC(C)c3ccc(Cl)cc3)cc2C1=O. The van der Waals surface area contributed by atoms with Crippen molar-refractivity contribution in [2.45, 2.75) is 19.4 Å². The first-order chi connectivity index (χ1) is 13.4. The van der Waals surface area contributed by atoms with Gasteiger partial charge in [0, 0.05) is 30.8 Å². The van der Waals surface area contributed by atoms with Crippen molar-refractivity contribution in [2.75, 3.05) is 20.3 Å². The fourth-order valence-electron chi connectivity index (χ4n) is 3.12. The maximum atomic E-state index is 12.6. The van der Waals surface area contributed by atoms with Crippen LogP contribution >= 0.6 is 11.6 Å². The number of halogens is 1. The van der Waals surface area contributed by atoms with Gasteiger partial charge in [0.15, 0.2) is 0 Å². The molecule has 0 aliphatic carbocycles. The molecule has 3 amide bonds. The molecule has 0 spiro atoms.